The summed E-state index contributed by atoms with van der Waals surface area (Å²) in [7, 11) is 0. The van der Waals surface area contributed by atoms with Crippen LogP contribution in [0.4, 0.5) is 4.39 Å². The van der Waals surface area contributed by atoms with E-state index in [0.717, 1.165) is 11.3 Å². The van der Waals surface area contributed by atoms with E-state index in [0.29, 0.717) is 17.6 Å². The van der Waals surface area contributed by atoms with Crippen molar-refractivity contribution in [2.45, 2.75) is 13.1 Å². The van der Waals surface area contributed by atoms with Gasteiger partial charge in [-0.2, -0.15) is 0 Å². The molecule has 0 fully saturated rings. The van der Waals surface area contributed by atoms with Gasteiger partial charge in [0, 0.05) is 6.54 Å². The molecule has 0 aliphatic rings. The van der Waals surface area contributed by atoms with Crippen molar-refractivity contribution >= 4 is 15.9 Å². The molecule has 0 aliphatic heterocycles. The summed E-state index contributed by atoms with van der Waals surface area (Å²) in [6.45, 7) is 1.23. The normalized spacial score (nSPS) is 10.6. The molecule has 1 N–H and O–H groups in total. The lowest BCUT2D eigenvalue weighted by atomic mass is 10.2. The highest BCUT2D eigenvalue weighted by Gasteiger charge is 2.04. The molecule has 0 aliphatic carbocycles. The predicted molar refractivity (Wildman–Crippen MR) is 63.4 cm³/mol. The minimum atomic E-state index is -0.239. The number of hydrogen-bond acceptors (Lipinski definition) is 2. The number of benzene rings is 1. The van der Waals surface area contributed by atoms with Gasteiger partial charge in [0.05, 0.1) is 17.3 Å². The highest BCUT2D eigenvalue weighted by atomic mass is 79.9. The number of halogens is 2. The Bertz CT molecular complexity index is 456. The van der Waals surface area contributed by atoms with Gasteiger partial charge < -0.3 is 9.73 Å². The van der Waals surface area contributed by atoms with Crippen LogP contribution in [-0.4, -0.2) is 0 Å². The van der Waals surface area contributed by atoms with Crippen LogP contribution in [0.1, 0.15) is 11.3 Å². The van der Waals surface area contributed by atoms with E-state index in [1.54, 1.807) is 12.3 Å². The van der Waals surface area contributed by atoms with Gasteiger partial charge in [-0.05, 0) is 39.7 Å². The number of nitrogens with one attached hydrogen (secondary N) is 1. The second-order valence-corrected chi connectivity index (χ2v) is 4.19. The van der Waals surface area contributed by atoms with Gasteiger partial charge in [0.1, 0.15) is 11.6 Å². The van der Waals surface area contributed by atoms with Crippen molar-refractivity contribution in [1.29, 1.82) is 0 Å². The molecular weight excluding hydrogens is 273 g/mol. The first-order chi connectivity index (χ1) is 7.77. The molecular formula is C12H11BrFNO. The van der Waals surface area contributed by atoms with E-state index in [9.17, 15) is 4.39 Å². The highest BCUT2D eigenvalue weighted by Crippen LogP contribution is 2.20. The lowest BCUT2D eigenvalue weighted by Crippen LogP contribution is -2.12. The number of rotatable bonds is 4. The van der Waals surface area contributed by atoms with E-state index >= 15 is 0 Å². The maximum atomic E-state index is 13.2. The highest BCUT2D eigenvalue weighted by molar-refractivity contribution is 9.10. The number of hydrogen-bond donors (Lipinski definition) is 1. The van der Waals surface area contributed by atoms with Crippen LogP contribution < -0.4 is 5.32 Å². The molecule has 0 bridgehead atoms. The van der Waals surface area contributed by atoms with Gasteiger partial charge in [-0.25, -0.2) is 4.39 Å². The standard InChI is InChI=1S/C12H11BrFNO/c13-12-9(3-1-5-11(12)14)7-15-8-10-4-2-6-16-10/h1-6,15H,7-8H2. The summed E-state index contributed by atoms with van der Waals surface area (Å²) in [4.78, 5) is 0. The maximum Gasteiger partial charge on any atom is 0.137 e. The van der Waals surface area contributed by atoms with Gasteiger partial charge in [0.2, 0.25) is 0 Å². The fourth-order valence-electron chi connectivity index (χ4n) is 1.42. The second-order valence-electron chi connectivity index (χ2n) is 3.40. The van der Waals surface area contributed by atoms with Crippen molar-refractivity contribution in [2.75, 3.05) is 0 Å². The maximum absolute atomic E-state index is 13.2. The molecule has 4 heteroatoms. The monoisotopic (exact) mass is 283 g/mol. The Morgan fingerprint density at radius 3 is 2.81 bits per heavy atom. The van der Waals surface area contributed by atoms with Crippen LogP contribution in [-0.2, 0) is 13.1 Å². The molecule has 0 spiro atoms. The van der Waals surface area contributed by atoms with Crippen LogP contribution in [0.15, 0.2) is 45.5 Å². The third kappa shape index (κ3) is 2.71. The minimum absolute atomic E-state index is 0.239. The second kappa shape index (κ2) is 5.27. The third-order valence-corrected chi connectivity index (χ3v) is 3.11. The fourth-order valence-corrected chi connectivity index (χ4v) is 1.82. The Morgan fingerprint density at radius 2 is 2.06 bits per heavy atom. The summed E-state index contributed by atoms with van der Waals surface area (Å²) in [5.74, 6) is 0.629. The van der Waals surface area contributed by atoms with Crippen molar-refractivity contribution in [3.63, 3.8) is 0 Å². The van der Waals surface area contributed by atoms with Crippen molar-refractivity contribution in [1.82, 2.24) is 5.32 Å². The fraction of sp³-hybridized carbons (Fsp3) is 0.167. The molecule has 2 nitrogen and oxygen atoms in total. The summed E-state index contributed by atoms with van der Waals surface area (Å²) in [5, 5.41) is 3.18. The molecule has 1 aromatic heterocycles. The van der Waals surface area contributed by atoms with Crippen LogP contribution in [0.25, 0.3) is 0 Å². The SMILES string of the molecule is Fc1cccc(CNCc2ccco2)c1Br. The van der Waals surface area contributed by atoms with Gasteiger partial charge in [0.25, 0.3) is 0 Å². The summed E-state index contributed by atoms with van der Waals surface area (Å²) in [6, 6.07) is 8.75. The molecule has 1 aromatic carbocycles. The van der Waals surface area contributed by atoms with Gasteiger partial charge >= 0.3 is 0 Å². The molecule has 2 rings (SSSR count). The molecule has 1 heterocycles. The van der Waals surface area contributed by atoms with Crippen LogP contribution in [0.3, 0.4) is 0 Å². The van der Waals surface area contributed by atoms with E-state index in [1.807, 2.05) is 18.2 Å². The van der Waals surface area contributed by atoms with Gasteiger partial charge in [0.15, 0.2) is 0 Å². The largest absolute Gasteiger partial charge is 0.468 e. The van der Waals surface area contributed by atoms with Crippen molar-refractivity contribution in [2.24, 2.45) is 0 Å². The van der Waals surface area contributed by atoms with E-state index in [2.05, 4.69) is 21.2 Å². The third-order valence-electron chi connectivity index (χ3n) is 2.23. The molecule has 16 heavy (non-hydrogen) atoms. The molecule has 0 saturated carbocycles. The van der Waals surface area contributed by atoms with Crippen molar-refractivity contribution in [3.05, 3.63) is 58.2 Å². The summed E-state index contributed by atoms with van der Waals surface area (Å²) >= 11 is 3.22. The lowest BCUT2D eigenvalue weighted by Gasteiger charge is -2.06. The van der Waals surface area contributed by atoms with Crippen molar-refractivity contribution in [3.8, 4) is 0 Å². The summed E-state index contributed by atoms with van der Waals surface area (Å²) < 4.78 is 18.9. The zero-order valence-corrected chi connectivity index (χ0v) is 10.1. The Labute approximate surface area is 102 Å². The van der Waals surface area contributed by atoms with Crippen molar-refractivity contribution < 1.29 is 8.81 Å². The minimum Gasteiger partial charge on any atom is -0.468 e. The van der Waals surface area contributed by atoms with Gasteiger partial charge in [-0.15, -0.1) is 0 Å². The van der Waals surface area contributed by atoms with E-state index in [-0.39, 0.29) is 5.82 Å². The average molecular weight is 284 g/mol. The zero-order valence-electron chi connectivity index (χ0n) is 8.54. The van der Waals surface area contributed by atoms with E-state index < -0.39 is 0 Å². The summed E-state index contributed by atoms with van der Waals surface area (Å²) in [6.07, 6.45) is 1.63. The molecule has 0 radical (unpaired) electrons. The quantitative estimate of drug-likeness (QED) is 0.930. The summed E-state index contributed by atoms with van der Waals surface area (Å²) in [5.41, 5.74) is 0.895. The van der Waals surface area contributed by atoms with Gasteiger partial charge in [-0.1, -0.05) is 12.1 Å². The zero-order chi connectivity index (χ0) is 11.4. The average Bonchev–Trinajstić information content (AvgIpc) is 2.77. The van der Waals surface area contributed by atoms with Crippen LogP contribution >= 0.6 is 15.9 Å². The lowest BCUT2D eigenvalue weighted by molar-refractivity contribution is 0.482. The molecule has 0 atom stereocenters. The molecule has 84 valence electrons. The smallest absolute Gasteiger partial charge is 0.137 e. The molecule has 0 saturated heterocycles. The Kier molecular flexibility index (Phi) is 3.74. The first-order valence-corrected chi connectivity index (χ1v) is 5.72. The first-order valence-electron chi connectivity index (χ1n) is 4.93. The molecule has 0 amide bonds. The Hall–Kier alpha value is -1.13. The Balaban J connectivity index is 1.92. The van der Waals surface area contributed by atoms with Crippen LogP contribution in [0.2, 0.25) is 0 Å². The van der Waals surface area contributed by atoms with Crippen LogP contribution in [0, 0.1) is 5.82 Å². The molecule has 2 aromatic rings. The predicted octanol–water partition coefficient (Wildman–Crippen LogP) is 3.47. The van der Waals surface area contributed by atoms with Gasteiger partial charge in [-0.3, -0.25) is 0 Å². The van der Waals surface area contributed by atoms with Crippen LogP contribution in [0.5, 0.6) is 0 Å². The topological polar surface area (TPSA) is 25.2 Å². The van der Waals surface area contributed by atoms with E-state index in [4.69, 9.17) is 4.42 Å². The number of furan rings is 1. The first kappa shape index (κ1) is 11.4. The molecule has 0 unspecified atom stereocenters. The van der Waals surface area contributed by atoms with E-state index in [1.165, 1.54) is 6.07 Å². The Morgan fingerprint density at radius 1 is 1.19 bits per heavy atom.